The van der Waals surface area contributed by atoms with E-state index in [1.165, 1.54) is 0 Å². The van der Waals surface area contributed by atoms with Crippen LogP contribution < -0.4 is 10.5 Å². The van der Waals surface area contributed by atoms with E-state index in [2.05, 4.69) is 4.72 Å². The quantitative estimate of drug-likeness (QED) is 0.854. The summed E-state index contributed by atoms with van der Waals surface area (Å²) >= 11 is 0. The van der Waals surface area contributed by atoms with E-state index in [0.29, 0.717) is 11.3 Å². The van der Waals surface area contributed by atoms with Crippen LogP contribution >= 0.6 is 0 Å². The largest absolute Gasteiger partial charge is 0.398 e. The Bertz CT molecular complexity index is 712. The third-order valence-electron chi connectivity index (χ3n) is 3.23. The normalized spacial score (nSPS) is 11.3. The molecule has 0 unspecified atom stereocenters. The number of aryl methyl sites for hydroxylation is 3. The van der Waals surface area contributed by atoms with Gasteiger partial charge in [0.25, 0.3) is 10.0 Å². The minimum absolute atomic E-state index is 0.141. The Labute approximate surface area is 119 Å². The summed E-state index contributed by atoms with van der Waals surface area (Å²) in [6.07, 6.45) is 0. The molecule has 0 aliphatic heterocycles. The Morgan fingerprint density at radius 2 is 1.40 bits per heavy atom. The van der Waals surface area contributed by atoms with Gasteiger partial charge in [0, 0.05) is 0 Å². The third kappa shape index (κ3) is 2.63. The van der Waals surface area contributed by atoms with Gasteiger partial charge >= 0.3 is 0 Å². The van der Waals surface area contributed by atoms with Crippen LogP contribution in [0, 0.1) is 20.8 Å². The van der Waals surface area contributed by atoms with Crippen LogP contribution in [0.4, 0.5) is 11.4 Å². The van der Waals surface area contributed by atoms with E-state index in [4.69, 9.17) is 5.73 Å². The molecule has 0 aliphatic rings. The van der Waals surface area contributed by atoms with Crippen molar-refractivity contribution in [1.29, 1.82) is 0 Å². The molecule has 3 N–H and O–H groups in total. The van der Waals surface area contributed by atoms with E-state index in [1.54, 1.807) is 25.1 Å². The summed E-state index contributed by atoms with van der Waals surface area (Å²) in [5.41, 5.74) is 9.06. The molecule has 0 aromatic heterocycles. The predicted molar refractivity (Wildman–Crippen MR) is 82.3 cm³/mol. The van der Waals surface area contributed by atoms with E-state index >= 15 is 0 Å². The van der Waals surface area contributed by atoms with Crippen molar-refractivity contribution in [1.82, 2.24) is 0 Å². The van der Waals surface area contributed by atoms with Crippen molar-refractivity contribution in [2.24, 2.45) is 0 Å². The van der Waals surface area contributed by atoms with E-state index in [1.807, 2.05) is 32.0 Å². The fourth-order valence-electron chi connectivity index (χ4n) is 2.20. The van der Waals surface area contributed by atoms with Gasteiger partial charge in [-0.1, -0.05) is 30.3 Å². The van der Waals surface area contributed by atoms with Crippen LogP contribution in [0.15, 0.2) is 41.3 Å². The molecule has 0 amide bonds. The summed E-state index contributed by atoms with van der Waals surface area (Å²) < 4.78 is 27.8. The van der Waals surface area contributed by atoms with Gasteiger partial charge in [-0.2, -0.15) is 0 Å². The van der Waals surface area contributed by atoms with Gasteiger partial charge in [-0.25, -0.2) is 8.42 Å². The fourth-order valence-corrected chi connectivity index (χ4v) is 3.77. The Balaban J connectivity index is 2.53. The molecule has 0 saturated heterocycles. The summed E-state index contributed by atoms with van der Waals surface area (Å²) in [6.45, 7) is 5.47. The molecule has 2 rings (SSSR count). The molecule has 0 atom stereocenters. The molecular formula is C15H18N2O2S. The first-order chi connectivity index (χ1) is 9.33. The number of nitrogens with one attached hydrogen (secondary N) is 1. The molecule has 0 bridgehead atoms. The Hall–Kier alpha value is -2.01. The molecular weight excluding hydrogens is 272 g/mol. The molecule has 2 aromatic rings. The highest BCUT2D eigenvalue weighted by Gasteiger charge is 2.21. The molecule has 0 fully saturated rings. The molecule has 0 radical (unpaired) electrons. The number of benzene rings is 2. The second kappa shape index (κ2) is 5.17. The van der Waals surface area contributed by atoms with E-state index < -0.39 is 10.0 Å². The number of nitrogens with two attached hydrogens (primary N) is 1. The lowest BCUT2D eigenvalue weighted by molar-refractivity contribution is 0.601. The number of anilines is 2. The molecule has 4 nitrogen and oxygen atoms in total. The highest BCUT2D eigenvalue weighted by molar-refractivity contribution is 7.93. The first-order valence-electron chi connectivity index (χ1n) is 6.27. The van der Waals surface area contributed by atoms with Crippen LogP contribution in [0.1, 0.15) is 16.7 Å². The topological polar surface area (TPSA) is 72.2 Å². The summed E-state index contributed by atoms with van der Waals surface area (Å²) in [7, 11) is -3.69. The second-order valence-electron chi connectivity index (χ2n) is 4.87. The van der Waals surface area contributed by atoms with Crippen molar-refractivity contribution in [3.05, 3.63) is 53.1 Å². The Kier molecular flexibility index (Phi) is 3.72. The van der Waals surface area contributed by atoms with Gasteiger partial charge in [0.2, 0.25) is 0 Å². The zero-order valence-corrected chi connectivity index (χ0v) is 12.6. The van der Waals surface area contributed by atoms with Gasteiger partial charge in [0.15, 0.2) is 0 Å². The second-order valence-corrected chi connectivity index (χ2v) is 6.48. The highest BCUT2D eigenvalue weighted by atomic mass is 32.2. The van der Waals surface area contributed by atoms with Crippen LogP contribution in [0.2, 0.25) is 0 Å². The van der Waals surface area contributed by atoms with E-state index in [0.717, 1.165) is 11.1 Å². The lowest BCUT2D eigenvalue weighted by Crippen LogP contribution is -2.17. The van der Waals surface area contributed by atoms with E-state index in [9.17, 15) is 8.42 Å². The van der Waals surface area contributed by atoms with Crippen LogP contribution in [0.3, 0.4) is 0 Å². The zero-order chi connectivity index (χ0) is 14.9. The third-order valence-corrected chi connectivity index (χ3v) is 4.80. The number of hydrogen-bond acceptors (Lipinski definition) is 3. The predicted octanol–water partition coefficient (Wildman–Crippen LogP) is 2.99. The average molecular weight is 290 g/mol. The number of nitrogen functional groups attached to an aromatic ring is 1. The molecule has 0 saturated carbocycles. The van der Waals surface area contributed by atoms with E-state index in [-0.39, 0.29) is 10.6 Å². The molecule has 5 heteroatoms. The lowest BCUT2D eigenvalue weighted by atomic mass is 10.1. The van der Waals surface area contributed by atoms with Gasteiger partial charge in [-0.3, -0.25) is 4.72 Å². The van der Waals surface area contributed by atoms with Gasteiger partial charge < -0.3 is 5.73 Å². The van der Waals surface area contributed by atoms with Crippen molar-refractivity contribution < 1.29 is 8.42 Å². The van der Waals surface area contributed by atoms with Crippen molar-refractivity contribution in [3.63, 3.8) is 0 Å². The summed E-state index contributed by atoms with van der Waals surface area (Å²) in [4.78, 5) is 0.141. The highest BCUT2D eigenvalue weighted by Crippen LogP contribution is 2.27. The van der Waals surface area contributed by atoms with Crippen LogP contribution in [-0.4, -0.2) is 8.42 Å². The monoisotopic (exact) mass is 290 g/mol. The zero-order valence-electron chi connectivity index (χ0n) is 11.8. The summed E-state index contributed by atoms with van der Waals surface area (Å²) in [5, 5.41) is 0. The maximum atomic E-state index is 12.6. The Morgan fingerprint density at radius 3 is 1.95 bits per heavy atom. The first kappa shape index (κ1) is 14.4. The number of para-hydroxylation sites is 1. The van der Waals surface area contributed by atoms with Gasteiger partial charge in [-0.15, -0.1) is 0 Å². The van der Waals surface area contributed by atoms with Gasteiger partial charge in [0.1, 0.15) is 4.90 Å². The number of hydrogen-bond donors (Lipinski definition) is 2. The Morgan fingerprint density at radius 1 is 0.900 bits per heavy atom. The lowest BCUT2D eigenvalue weighted by Gasteiger charge is -2.15. The molecule has 0 aliphatic carbocycles. The maximum absolute atomic E-state index is 12.6. The van der Waals surface area contributed by atoms with Crippen molar-refractivity contribution >= 4 is 21.4 Å². The maximum Gasteiger partial charge on any atom is 0.264 e. The van der Waals surface area contributed by atoms with Gasteiger partial charge in [0.05, 0.1) is 11.4 Å². The average Bonchev–Trinajstić information content (AvgIpc) is 2.33. The molecule has 0 heterocycles. The van der Waals surface area contributed by atoms with Crippen molar-refractivity contribution in [3.8, 4) is 0 Å². The SMILES string of the molecule is Cc1cccc(C)c1NS(=O)(=O)c1c(C)cccc1N. The standard InChI is InChI=1S/C15H18N2O2S/c1-10-6-4-7-11(2)14(10)17-20(18,19)15-12(3)8-5-9-13(15)16/h4-9,17H,16H2,1-3H3. The van der Waals surface area contributed by atoms with Gasteiger partial charge in [-0.05, 0) is 43.5 Å². The fraction of sp³-hybridized carbons (Fsp3) is 0.200. The smallest absolute Gasteiger partial charge is 0.264 e. The molecule has 106 valence electrons. The number of sulfonamides is 1. The van der Waals surface area contributed by atoms with Crippen molar-refractivity contribution in [2.75, 3.05) is 10.5 Å². The first-order valence-corrected chi connectivity index (χ1v) is 7.75. The minimum Gasteiger partial charge on any atom is -0.398 e. The van der Waals surface area contributed by atoms with Crippen molar-refractivity contribution in [2.45, 2.75) is 25.7 Å². The molecule has 2 aromatic carbocycles. The minimum atomic E-state index is -3.69. The van der Waals surface area contributed by atoms with Crippen LogP contribution in [0.5, 0.6) is 0 Å². The van der Waals surface area contributed by atoms with Crippen LogP contribution in [-0.2, 0) is 10.0 Å². The number of rotatable bonds is 3. The summed E-state index contributed by atoms with van der Waals surface area (Å²) in [5.74, 6) is 0. The molecule has 0 spiro atoms. The van der Waals surface area contributed by atoms with Crippen LogP contribution in [0.25, 0.3) is 0 Å². The molecule has 20 heavy (non-hydrogen) atoms. The summed E-state index contributed by atoms with van der Waals surface area (Å²) in [6, 6.07) is 10.7.